The average molecular weight is 359 g/mol. The summed E-state index contributed by atoms with van der Waals surface area (Å²) in [7, 11) is 0. The van der Waals surface area contributed by atoms with Crippen molar-refractivity contribution in [2.24, 2.45) is 0 Å². The lowest BCUT2D eigenvalue weighted by Crippen LogP contribution is -2.21. The van der Waals surface area contributed by atoms with E-state index in [9.17, 15) is 24.8 Å². The molecule has 1 saturated heterocycles. The number of aliphatic hydroxyl groups excluding tert-OH is 1. The Morgan fingerprint density at radius 1 is 1.08 bits per heavy atom. The van der Waals surface area contributed by atoms with Crippen molar-refractivity contribution in [1.29, 1.82) is 0 Å². The molecule has 1 aliphatic rings. The highest BCUT2D eigenvalue weighted by Crippen LogP contribution is 2.33. The number of nitrogens with zero attached hydrogens (tertiary/aromatic N) is 1. The number of benzene rings is 2. The summed E-state index contributed by atoms with van der Waals surface area (Å²) in [5, 5.41) is 24.2. The molecule has 1 amide bonds. The molecule has 0 spiro atoms. The van der Waals surface area contributed by atoms with E-state index in [0.29, 0.717) is 16.1 Å². The molecule has 2 aromatic carbocycles. The maximum atomic E-state index is 12.2. The van der Waals surface area contributed by atoms with Crippen molar-refractivity contribution in [1.82, 2.24) is 5.32 Å². The second-order valence-electron chi connectivity index (χ2n) is 5.35. The molecule has 1 fully saturated rings. The van der Waals surface area contributed by atoms with Gasteiger partial charge in [0.1, 0.15) is 5.76 Å². The van der Waals surface area contributed by atoms with Crippen LogP contribution in [0.5, 0.6) is 0 Å². The van der Waals surface area contributed by atoms with Gasteiger partial charge in [-0.1, -0.05) is 11.6 Å². The number of hydrogen-bond acceptors (Lipinski definition) is 5. The van der Waals surface area contributed by atoms with E-state index in [-0.39, 0.29) is 17.0 Å². The number of carbonyl (C=O) groups excluding carboxylic acids is 2. The van der Waals surface area contributed by atoms with Crippen molar-refractivity contribution >= 4 is 34.7 Å². The summed E-state index contributed by atoms with van der Waals surface area (Å²) < 4.78 is 0. The third-order valence-electron chi connectivity index (χ3n) is 3.82. The summed E-state index contributed by atoms with van der Waals surface area (Å²) in [4.78, 5) is 34.2. The number of carbonyl (C=O) groups is 2. The van der Waals surface area contributed by atoms with Gasteiger partial charge in [0.25, 0.3) is 17.4 Å². The fourth-order valence-electron chi connectivity index (χ4n) is 2.57. The summed E-state index contributed by atoms with van der Waals surface area (Å²) in [6.07, 6.45) is 0. The summed E-state index contributed by atoms with van der Waals surface area (Å²) in [6.45, 7) is 0. The largest absolute Gasteiger partial charge is 0.507 e. The van der Waals surface area contributed by atoms with Crippen LogP contribution in [0.3, 0.4) is 0 Å². The molecular weight excluding hydrogens is 348 g/mol. The van der Waals surface area contributed by atoms with Gasteiger partial charge in [0.15, 0.2) is 0 Å². The van der Waals surface area contributed by atoms with E-state index in [1.54, 1.807) is 12.1 Å². The second-order valence-corrected chi connectivity index (χ2v) is 5.79. The first-order chi connectivity index (χ1) is 11.9. The molecule has 8 heteroatoms. The van der Waals surface area contributed by atoms with Crippen LogP contribution >= 0.6 is 11.6 Å². The van der Waals surface area contributed by atoms with Gasteiger partial charge < -0.3 is 10.4 Å². The van der Waals surface area contributed by atoms with Crippen LogP contribution in [0.4, 0.5) is 5.69 Å². The number of Topliss-reactive ketones (excluding diaryl/α,β-unsaturated/α-hetero) is 1. The molecule has 2 aromatic rings. The third-order valence-corrected chi connectivity index (χ3v) is 4.08. The lowest BCUT2D eigenvalue weighted by Gasteiger charge is -2.13. The Bertz CT molecular complexity index is 904. The van der Waals surface area contributed by atoms with Crippen molar-refractivity contribution in [3.63, 3.8) is 0 Å². The molecule has 0 bridgehead atoms. The van der Waals surface area contributed by atoms with Crippen molar-refractivity contribution < 1.29 is 19.6 Å². The molecule has 7 nitrogen and oxygen atoms in total. The zero-order valence-electron chi connectivity index (χ0n) is 12.6. The molecule has 2 N–H and O–H groups in total. The van der Waals surface area contributed by atoms with E-state index in [4.69, 9.17) is 11.6 Å². The van der Waals surface area contributed by atoms with Crippen LogP contribution in [0, 0.1) is 10.1 Å². The van der Waals surface area contributed by atoms with Gasteiger partial charge in [-0.2, -0.15) is 0 Å². The van der Waals surface area contributed by atoms with E-state index < -0.39 is 22.7 Å². The number of nitro benzene ring substituents is 1. The number of ketones is 1. The maximum Gasteiger partial charge on any atom is 0.293 e. The SMILES string of the molecule is O=C1NC(c2ccc([N+](=O)[O-])cc2)/C(=C(/O)c2ccc(Cl)cc2)C1=O. The third kappa shape index (κ3) is 3.09. The minimum absolute atomic E-state index is 0.110. The number of non-ortho nitro benzene ring substituents is 1. The second kappa shape index (κ2) is 6.37. The van der Waals surface area contributed by atoms with E-state index in [1.807, 2.05) is 0 Å². The molecule has 0 radical (unpaired) electrons. The van der Waals surface area contributed by atoms with Crippen LogP contribution in [0.25, 0.3) is 5.76 Å². The molecule has 126 valence electrons. The molecular formula is C17H11ClN2O5. The summed E-state index contributed by atoms with van der Waals surface area (Å²) in [6, 6.07) is 10.6. The number of nitrogens with one attached hydrogen (secondary N) is 1. The molecule has 0 aromatic heterocycles. The van der Waals surface area contributed by atoms with Crippen molar-refractivity contribution in [2.75, 3.05) is 0 Å². The van der Waals surface area contributed by atoms with E-state index in [1.165, 1.54) is 36.4 Å². The number of amides is 1. The quantitative estimate of drug-likeness (QED) is 0.288. The highest BCUT2D eigenvalue weighted by molar-refractivity contribution is 6.46. The predicted molar refractivity (Wildman–Crippen MR) is 90.0 cm³/mol. The Morgan fingerprint density at radius 2 is 1.68 bits per heavy atom. The fourth-order valence-corrected chi connectivity index (χ4v) is 2.69. The first-order valence-electron chi connectivity index (χ1n) is 7.17. The minimum Gasteiger partial charge on any atom is -0.507 e. The van der Waals surface area contributed by atoms with Crippen LogP contribution in [0.15, 0.2) is 54.1 Å². The summed E-state index contributed by atoms with van der Waals surface area (Å²) in [5.41, 5.74) is 0.546. The van der Waals surface area contributed by atoms with Crippen LogP contribution in [0.2, 0.25) is 5.02 Å². The van der Waals surface area contributed by atoms with Crippen LogP contribution in [-0.2, 0) is 9.59 Å². The fraction of sp³-hybridized carbons (Fsp3) is 0.0588. The van der Waals surface area contributed by atoms with Crippen LogP contribution in [-0.4, -0.2) is 21.7 Å². The Kier molecular flexibility index (Phi) is 4.24. The van der Waals surface area contributed by atoms with Gasteiger partial charge in [0.2, 0.25) is 0 Å². The van der Waals surface area contributed by atoms with Gasteiger partial charge >= 0.3 is 0 Å². The van der Waals surface area contributed by atoms with E-state index >= 15 is 0 Å². The molecule has 0 aliphatic carbocycles. The average Bonchev–Trinajstić information content (AvgIpc) is 2.90. The Balaban J connectivity index is 2.07. The van der Waals surface area contributed by atoms with Crippen molar-refractivity contribution in [3.8, 4) is 0 Å². The topological polar surface area (TPSA) is 110 Å². The van der Waals surface area contributed by atoms with Crippen molar-refractivity contribution in [2.45, 2.75) is 6.04 Å². The lowest BCUT2D eigenvalue weighted by molar-refractivity contribution is -0.384. The first-order valence-corrected chi connectivity index (χ1v) is 7.55. The van der Waals surface area contributed by atoms with Crippen molar-refractivity contribution in [3.05, 3.63) is 80.4 Å². The standard InChI is InChI=1S/C17H11ClN2O5/c18-11-5-1-10(2-6-11)15(21)13-14(19-17(23)16(13)22)9-3-7-12(8-4-9)20(24)25/h1-8,14,21H,(H,19,23)/b15-13-. The molecule has 25 heavy (non-hydrogen) atoms. The Labute approximate surface area is 146 Å². The Hall–Kier alpha value is -3.19. The highest BCUT2D eigenvalue weighted by Gasteiger charge is 2.39. The molecule has 1 aliphatic heterocycles. The lowest BCUT2D eigenvalue weighted by atomic mass is 9.96. The number of nitro groups is 1. The van der Waals surface area contributed by atoms with Gasteiger partial charge in [-0.25, -0.2) is 0 Å². The van der Waals surface area contributed by atoms with Gasteiger partial charge in [-0.05, 0) is 42.0 Å². The maximum absolute atomic E-state index is 12.2. The number of rotatable bonds is 3. The normalized spacial score (nSPS) is 18.8. The van der Waals surface area contributed by atoms with E-state index in [2.05, 4.69) is 5.32 Å². The first kappa shape index (κ1) is 16.7. The molecule has 1 atom stereocenters. The van der Waals surface area contributed by atoms with Crippen LogP contribution < -0.4 is 5.32 Å². The molecule has 0 saturated carbocycles. The summed E-state index contributed by atoms with van der Waals surface area (Å²) >= 11 is 5.81. The van der Waals surface area contributed by atoms with Gasteiger partial charge in [-0.15, -0.1) is 0 Å². The van der Waals surface area contributed by atoms with Gasteiger partial charge in [0.05, 0.1) is 16.5 Å². The number of halogens is 1. The zero-order chi connectivity index (χ0) is 18.1. The molecule has 3 rings (SSSR count). The number of hydrogen-bond donors (Lipinski definition) is 2. The monoisotopic (exact) mass is 358 g/mol. The Morgan fingerprint density at radius 3 is 2.24 bits per heavy atom. The molecule has 1 unspecified atom stereocenters. The van der Waals surface area contributed by atoms with Gasteiger partial charge in [-0.3, -0.25) is 19.7 Å². The smallest absolute Gasteiger partial charge is 0.293 e. The summed E-state index contributed by atoms with van der Waals surface area (Å²) in [5.74, 6) is -2.04. The van der Waals surface area contributed by atoms with Crippen LogP contribution in [0.1, 0.15) is 17.2 Å². The van der Waals surface area contributed by atoms with Gasteiger partial charge in [0, 0.05) is 22.7 Å². The predicted octanol–water partition coefficient (Wildman–Crippen LogP) is 2.96. The van der Waals surface area contributed by atoms with E-state index in [0.717, 1.165) is 0 Å². The minimum atomic E-state index is -0.892. The molecule has 1 heterocycles. The zero-order valence-corrected chi connectivity index (χ0v) is 13.4. The highest BCUT2D eigenvalue weighted by atomic mass is 35.5. The number of aliphatic hydroxyl groups is 1.